The van der Waals surface area contributed by atoms with E-state index in [1.54, 1.807) is 11.3 Å². The first-order valence-corrected chi connectivity index (χ1v) is 11.0. The first kappa shape index (κ1) is 18.4. The molecule has 0 aliphatic carbocycles. The Morgan fingerprint density at radius 3 is 2.90 bits per heavy atom. The van der Waals surface area contributed by atoms with E-state index in [0.717, 1.165) is 73.7 Å². The van der Waals surface area contributed by atoms with Crippen molar-refractivity contribution in [2.24, 2.45) is 4.99 Å². The van der Waals surface area contributed by atoms with Crippen LogP contribution < -0.4 is 5.56 Å². The molecule has 5 heterocycles. The van der Waals surface area contributed by atoms with Gasteiger partial charge in [-0.15, -0.1) is 11.3 Å². The van der Waals surface area contributed by atoms with Crippen molar-refractivity contribution in [3.63, 3.8) is 0 Å². The maximum atomic E-state index is 12.7. The first-order valence-electron chi connectivity index (χ1n) is 10.1. The van der Waals surface area contributed by atoms with Gasteiger partial charge in [-0.05, 0) is 42.8 Å². The molecule has 0 atom stereocenters. The smallest absolute Gasteiger partial charge is 0.255 e. The molecule has 7 heteroatoms. The number of fused-ring (bicyclic) bond motifs is 1. The van der Waals surface area contributed by atoms with Gasteiger partial charge in [0.05, 0.1) is 33.2 Å². The Labute approximate surface area is 173 Å². The Bertz CT molecular complexity index is 1100. The summed E-state index contributed by atoms with van der Waals surface area (Å²) in [4.78, 5) is 33.3. The standard InChI is InChI=1S/C22H23N5OS/c28-22-16-14-27(13-15-5-3-7-18(24-15)20-8-4-12-29-20)11-9-17(16)25-21(26-22)19-6-1-2-10-23-19/h3-5,7-8,12H,1-2,6,9-11,13-14H2,(H,25,26,28). The normalized spacial score (nSPS) is 17.0. The van der Waals surface area contributed by atoms with Crippen molar-refractivity contribution < 1.29 is 0 Å². The molecule has 2 aliphatic rings. The first-order chi connectivity index (χ1) is 14.3. The number of hydrogen-bond donors (Lipinski definition) is 1. The summed E-state index contributed by atoms with van der Waals surface area (Å²) in [5, 5.41) is 2.07. The minimum Gasteiger partial charge on any atom is -0.305 e. The molecule has 0 unspecified atom stereocenters. The van der Waals surface area contributed by atoms with Crippen LogP contribution in [0.3, 0.4) is 0 Å². The summed E-state index contributed by atoms with van der Waals surface area (Å²) in [5.41, 5.74) is 4.67. The number of nitrogens with zero attached hydrogens (tertiary/aromatic N) is 4. The molecule has 0 bridgehead atoms. The highest BCUT2D eigenvalue weighted by molar-refractivity contribution is 7.13. The highest BCUT2D eigenvalue weighted by atomic mass is 32.1. The summed E-state index contributed by atoms with van der Waals surface area (Å²) < 4.78 is 0. The lowest BCUT2D eigenvalue weighted by Crippen LogP contribution is -2.36. The van der Waals surface area contributed by atoms with Gasteiger partial charge >= 0.3 is 0 Å². The third-order valence-electron chi connectivity index (χ3n) is 5.51. The summed E-state index contributed by atoms with van der Waals surface area (Å²) >= 11 is 1.70. The monoisotopic (exact) mass is 405 g/mol. The van der Waals surface area contributed by atoms with Crippen molar-refractivity contribution in [1.82, 2.24) is 19.9 Å². The molecule has 0 saturated carbocycles. The molecule has 2 aliphatic heterocycles. The van der Waals surface area contributed by atoms with Crippen molar-refractivity contribution in [2.75, 3.05) is 13.1 Å². The number of nitrogens with one attached hydrogen (secondary N) is 1. The topological polar surface area (TPSA) is 74.2 Å². The Morgan fingerprint density at radius 2 is 2.07 bits per heavy atom. The van der Waals surface area contributed by atoms with Crippen molar-refractivity contribution in [3.8, 4) is 10.6 Å². The van der Waals surface area contributed by atoms with Gasteiger partial charge in [0.15, 0.2) is 5.82 Å². The van der Waals surface area contributed by atoms with Crippen molar-refractivity contribution >= 4 is 17.0 Å². The summed E-state index contributed by atoms with van der Waals surface area (Å²) in [6, 6.07) is 10.3. The lowest BCUT2D eigenvalue weighted by molar-refractivity contribution is 0.239. The van der Waals surface area contributed by atoms with Gasteiger partial charge in [0, 0.05) is 32.6 Å². The van der Waals surface area contributed by atoms with Crippen molar-refractivity contribution in [3.05, 3.63) is 68.8 Å². The molecule has 5 rings (SSSR count). The van der Waals surface area contributed by atoms with Crippen molar-refractivity contribution in [1.29, 1.82) is 0 Å². The molecule has 1 N–H and O–H groups in total. The molecule has 3 aromatic rings. The van der Waals surface area contributed by atoms with Crippen LogP contribution in [0.2, 0.25) is 0 Å². The highest BCUT2D eigenvalue weighted by Crippen LogP contribution is 2.23. The van der Waals surface area contributed by atoms with Gasteiger partial charge < -0.3 is 4.98 Å². The molecule has 3 aromatic heterocycles. The summed E-state index contributed by atoms with van der Waals surface area (Å²) in [5.74, 6) is 0.673. The van der Waals surface area contributed by atoms with Crippen LogP contribution >= 0.6 is 11.3 Å². The molecule has 0 aromatic carbocycles. The largest absolute Gasteiger partial charge is 0.305 e. The summed E-state index contributed by atoms with van der Waals surface area (Å²) in [6.45, 7) is 3.05. The van der Waals surface area contributed by atoms with Gasteiger partial charge in [-0.2, -0.15) is 0 Å². The molecule has 0 amide bonds. The number of hydrogen-bond acceptors (Lipinski definition) is 6. The van der Waals surface area contributed by atoms with Crippen LogP contribution in [0.1, 0.15) is 42.0 Å². The number of aromatic amines is 1. The van der Waals surface area contributed by atoms with Gasteiger partial charge in [0.2, 0.25) is 0 Å². The summed E-state index contributed by atoms with van der Waals surface area (Å²) in [7, 11) is 0. The zero-order chi connectivity index (χ0) is 19.6. The van der Waals surface area contributed by atoms with Crippen LogP contribution in [-0.4, -0.2) is 38.7 Å². The zero-order valence-corrected chi connectivity index (χ0v) is 17.0. The number of H-pyrrole nitrogens is 1. The van der Waals surface area contributed by atoms with Crippen molar-refractivity contribution in [2.45, 2.75) is 38.8 Å². The maximum absolute atomic E-state index is 12.7. The minimum atomic E-state index is -0.0248. The van der Waals surface area contributed by atoms with Gasteiger partial charge in [-0.1, -0.05) is 12.1 Å². The van der Waals surface area contributed by atoms with Gasteiger partial charge in [0.25, 0.3) is 5.56 Å². The van der Waals surface area contributed by atoms with E-state index in [4.69, 9.17) is 9.97 Å². The van der Waals surface area contributed by atoms with Crippen LogP contribution in [-0.2, 0) is 19.5 Å². The second-order valence-corrected chi connectivity index (χ2v) is 8.53. The second kappa shape index (κ2) is 8.00. The van der Waals surface area contributed by atoms with E-state index in [-0.39, 0.29) is 5.56 Å². The molecule has 6 nitrogen and oxygen atoms in total. The molecule has 0 spiro atoms. The molecule has 0 saturated heterocycles. The van der Waals surface area contributed by atoms with E-state index in [1.165, 1.54) is 4.88 Å². The van der Waals surface area contributed by atoms with E-state index in [9.17, 15) is 4.79 Å². The quantitative estimate of drug-likeness (QED) is 0.722. The highest BCUT2D eigenvalue weighted by Gasteiger charge is 2.23. The van der Waals surface area contributed by atoms with Crippen LogP contribution in [0, 0.1) is 0 Å². The van der Waals surface area contributed by atoms with Gasteiger partial charge in [-0.3, -0.25) is 19.7 Å². The number of pyridine rings is 1. The maximum Gasteiger partial charge on any atom is 0.255 e. The predicted octanol–water partition coefficient (Wildman–Crippen LogP) is 3.42. The van der Waals surface area contributed by atoms with E-state index < -0.39 is 0 Å². The third-order valence-corrected chi connectivity index (χ3v) is 6.40. The van der Waals surface area contributed by atoms with Crippen LogP contribution in [0.25, 0.3) is 10.6 Å². The zero-order valence-electron chi connectivity index (χ0n) is 16.2. The molecule has 0 radical (unpaired) electrons. The predicted molar refractivity (Wildman–Crippen MR) is 115 cm³/mol. The fourth-order valence-electron chi connectivity index (χ4n) is 4.00. The van der Waals surface area contributed by atoms with Gasteiger partial charge in [-0.25, -0.2) is 4.98 Å². The number of aromatic nitrogens is 3. The van der Waals surface area contributed by atoms with Crippen LogP contribution in [0.4, 0.5) is 0 Å². The SMILES string of the molecule is O=c1[nH]c(C2=NCCCC2)nc2c1CN(Cc1cccc(-c3cccs3)n1)CC2. The fraction of sp³-hybridized carbons (Fsp3) is 0.364. The molecule has 0 fully saturated rings. The molecule has 29 heavy (non-hydrogen) atoms. The van der Waals surface area contributed by atoms with E-state index in [2.05, 4.69) is 38.5 Å². The minimum absolute atomic E-state index is 0.0248. The lowest BCUT2D eigenvalue weighted by atomic mass is 10.0. The number of aliphatic imine (C=N–C) groups is 1. The van der Waals surface area contributed by atoms with E-state index in [0.29, 0.717) is 12.4 Å². The van der Waals surface area contributed by atoms with Gasteiger partial charge in [0.1, 0.15) is 0 Å². The molecular formula is C22H23N5OS. The van der Waals surface area contributed by atoms with E-state index in [1.807, 2.05) is 12.1 Å². The summed E-state index contributed by atoms with van der Waals surface area (Å²) in [6.07, 6.45) is 3.92. The number of thiophene rings is 1. The van der Waals surface area contributed by atoms with Crippen LogP contribution in [0.5, 0.6) is 0 Å². The van der Waals surface area contributed by atoms with E-state index >= 15 is 0 Å². The Hall–Kier alpha value is -2.64. The average Bonchev–Trinajstić information content (AvgIpc) is 3.30. The Kier molecular flexibility index (Phi) is 5.08. The average molecular weight is 406 g/mol. The molecular weight excluding hydrogens is 382 g/mol. The fourth-order valence-corrected chi connectivity index (χ4v) is 4.70. The molecule has 148 valence electrons. The Morgan fingerprint density at radius 1 is 1.10 bits per heavy atom. The number of rotatable bonds is 4. The van der Waals surface area contributed by atoms with Crippen LogP contribution in [0.15, 0.2) is 45.5 Å². The lowest BCUT2D eigenvalue weighted by Gasteiger charge is -2.27. The Balaban J connectivity index is 1.34. The second-order valence-electron chi connectivity index (χ2n) is 7.58. The third kappa shape index (κ3) is 3.93.